The van der Waals surface area contributed by atoms with Crippen LogP contribution in [0.15, 0.2) is 40.6 Å². The van der Waals surface area contributed by atoms with Gasteiger partial charge in [-0.15, -0.1) is 0 Å². The van der Waals surface area contributed by atoms with Gasteiger partial charge in [-0.1, -0.05) is 27.5 Å². The van der Waals surface area contributed by atoms with Gasteiger partial charge in [0.15, 0.2) is 0 Å². The smallest absolute Gasteiger partial charge is 0.207 e. The van der Waals surface area contributed by atoms with Crippen molar-refractivity contribution >= 4 is 20.0 Å². The highest BCUT2D eigenvalue weighted by molar-refractivity contribution is 8.05. The van der Waals surface area contributed by atoms with Crippen molar-refractivity contribution in [3.8, 4) is 0 Å². The lowest BCUT2D eigenvalue weighted by atomic mass is 10.2. The van der Waals surface area contributed by atoms with Crippen LogP contribution in [0.2, 0.25) is 0 Å². The first kappa shape index (κ1) is 12.3. The number of benzene rings is 1. The van der Waals surface area contributed by atoms with Crippen molar-refractivity contribution in [1.29, 1.82) is 0 Å². The van der Waals surface area contributed by atoms with Crippen LogP contribution >= 0.6 is 0 Å². The van der Waals surface area contributed by atoms with Crippen molar-refractivity contribution in [1.82, 2.24) is 3.71 Å². The molecule has 1 aliphatic rings. The minimum Gasteiger partial charge on any atom is -0.207 e. The molecule has 0 bridgehead atoms. The largest absolute Gasteiger partial charge is 0.256 e. The van der Waals surface area contributed by atoms with Crippen LogP contribution in [0, 0.1) is 6.92 Å². The first-order chi connectivity index (χ1) is 7.84. The molecule has 92 valence electrons. The van der Waals surface area contributed by atoms with Gasteiger partial charge in [0, 0.05) is 12.0 Å². The third-order valence-electron chi connectivity index (χ3n) is 2.39. The molecule has 0 unspecified atom stereocenters. The molecule has 0 fully saturated rings. The maximum Gasteiger partial charge on any atom is 0.256 e. The molecule has 0 aromatic heterocycles. The second kappa shape index (κ2) is 3.94. The molecule has 0 amide bonds. The maximum absolute atomic E-state index is 12.1. The lowest BCUT2D eigenvalue weighted by Gasteiger charge is -2.14. The fourth-order valence-electron chi connectivity index (χ4n) is 1.49. The Morgan fingerprint density at radius 2 is 1.76 bits per heavy atom. The van der Waals surface area contributed by atoms with Gasteiger partial charge in [0.05, 0.1) is 4.90 Å². The van der Waals surface area contributed by atoms with Crippen molar-refractivity contribution in [3.05, 3.63) is 41.3 Å². The molecule has 0 aliphatic carbocycles. The average molecular weight is 273 g/mol. The van der Waals surface area contributed by atoms with Gasteiger partial charge >= 0.3 is 0 Å². The summed E-state index contributed by atoms with van der Waals surface area (Å²) in [7, 11) is -7.82. The summed E-state index contributed by atoms with van der Waals surface area (Å²) in [5.74, 6) is 0. The second-order valence-electron chi connectivity index (χ2n) is 3.69. The summed E-state index contributed by atoms with van der Waals surface area (Å²) >= 11 is 0. The zero-order chi connectivity index (χ0) is 12.7. The first-order valence-corrected chi connectivity index (χ1v) is 7.79. The molecule has 0 saturated carbocycles. The van der Waals surface area contributed by atoms with Crippen molar-refractivity contribution in [3.63, 3.8) is 0 Å². The molecule has 0 atom stereocenters. The molecule has 7 heteroatoms. The Hall–Kier alpha value is -1.18. The Balaban J connectivity index is 2.48. The predicted octanol–water partition coefficient (Wildman–Crippen LogP) is 0.843. The Morgan fingerprint density at radius 3 is 2.24 bits per heavy atom. The first-order valence-electron chi connectivity index (χ1n) is 4.85. The molecule has 1 aromatic carbocycles. The van der Waals surface area contributed by atoms with E-state index in [1.807, 2.05) is 6.92 Å². The van der Waals surface area contributed by atoms with E-state index in [9.17, 15) is 16.8 Å². The van der Waals surface area contributed by atoms with E-state index in [1.54, 1.807) is 12.1 Å². The summed E-state index contributed by atoms with van der Waals surface area (Å²) in [6.45, 7) is 1.68. The van der Waals surface area contributed by atoms with Gasteiger partial charge in [-0.3, -0.25) is 0 Å². The van der Waals surface area contributed by atoms with E-state index in [1.165, 1.54) is 18.2 Å². The Labute approximate surface area is 100 Å². The zero-order valence-corrected chi connectivity index (χ0v) is 10.7. The summed E-state index contributed by atoms with van der Waals surface area (Å²) in [6.07, 6.45) is 1.31. The van der Waals surface area contributed by atoms with Crippen LogP contribution in [0.25, 0.3) is 0 Å². The van der Waals surface area contributed by atoms with E-state index in [0.717, 1.165) is 11.0 Å². The average Bonchev–Trinajstić information content (AvgIpc) is 2.59. The second-order valence-corrected chi connectivity index (χ2v) is 7.53. The van der Waals surface area contributed by atoms with E-state index < -0.39 is 20.0 Å². The molecule has 2 rings (SSSR count). The van der Waals surface area contributed by atoms with E-state index >= 15 is 0 Å². The molecule has 0 radical (unpaired) electrons. The minimum atomic E-state index is -3.98. The number of nitrogens with zero attached hydrogens (tertiary/aromatic N) is 1. The summed E-state index contributed by atoms with van der Waals surface area (Å²) in [5, 5.41) is 0.902. The quantitative estimate of drug-likeness (QED) is 0.800. The van der Waals surface area contributed by atoms with Gasteiger partial charge in [0.2, 0.25) is 10.0 Å². The van der Waals surface area contributed by atoms with Crippen LogP contribution in [0.5, 0.6) is 0 Å². The van der Waals surface area contributed by atoms with Crippen LogP contribution in [0.4, 0.5) is 0 Å². The van der Waals surface area contributed by atoms with Gasteiger partial charge in [0.1, 0.15) is 0 Å². The fourth-order valence-corrected chi connectivity index (χ4v) is 4.74. The summed E-state index contributed by atoms with van der Waals surface area (Å²) in [6, 6.07) is 6.06. The van der Waals surface area contributed by atoms with Crippen LogP contribution < -0.4 is 0 Å². The number of rotatable bonds is 2. The van der Waals surface area contributed by atoms with E-state index in [0.29, 0.717) is 3.71 Å². The van der Waals surface area contributed by atoms with E-state index in [-0.39, 0.29) is 11.4 Å². The molecular formula is C10H11NO4S2. The Bertz CT molecular complexity index is 657. The molecular weight excluding hydrogens is 262 g/mol. The SMILES string of the molecule is Cc1ccc(S(=O)(=O)N2CC=CS2(=O)=O)cc1. The highest BCUT2D eigenvalue weighted by atomic mass is 32.3. The third-order valence-corrected chi connectivity index (χ3v) is 6.41. The third kappa shape index (κ3) is 2.13. The number of aryl methyl sites for hydroxylation is 1. The molecule has 0 N–H and O–H groups in total. The van der Waals surface area contributed by atoms with Gasteiger partial charge in [-0.05, 0) is 19.1 Å². The van der Waals surface area contributed by atoms with Crippen LogP contribution in [-0.4, -0.2) is 27.1 Å². The molecule has 0 saturated heterocycles. The summed E-state index contributed by atoms with van der Waals surface area (Å²) < 4.78 is 47.6. The highest BCUT2D eigenvalue weighted by Crippen LogP contribution is 2.23. The number of hydrogen-bond donors (Lipinski definition) is 0. The minimum absolute atomic E-state index is 0.0182. The lowest BCUT2D eigenvalue weighted by Crippen LogP contribution is -2.32. The highest BCUT2D eigenvalue weighted by Gasteiger charge is 2.35. The number of sulfonamides is 2. The zero-order valence-electron chi connectivity index (χ0n) is 9.07. The molecule has 1 heterocycles. The van der Waals surface area contributed by atoms with Crippen LogP contribution in [0.3, 0.4) is 0 Å². The van der Waals surface area contributed by atoms with Crippen LogP contribution in [-0.2, 0) is 20.0 Å². The molecule has 0 spiro atoms. The Kier molecular flexibility index (Phi) is 2.84. The van der Waals surface area contributed by atoms with Gasteiger partial charge in [-0.2, -0.15) is 0 Å². The molecule has 17 heavy (non-hydrogen) atoms. The monoisotopic (exact) mass is 273 g/mol. The molecule has 1 aliphatic heterocycles. The van der Waals surface area contributed by atoms with Crippen molar-refractivity contribution in [2.75, 3.05) is 6.54 Å². The van der Waals surface area contributed by atoms with E-state index in [4.69, 9.17) is 0 Å². The molecule has 1 aromatic rings. The normalized spacial score (nSPS) is 19.6. The van der Waals surface area contributed by atoms with Gasteiger partial charge in [-0.25, -0.2) is 16.8 Å². The van der Waals surface area contributed by atoms with E-state index in [2.05, 4.69) is 0 Å². The number of hydrogen-bond acceptors (Lipinski definition) is 4. The summed E-state index contributed by atoms with van der Waals surface area (Å²) in [4.78, 5) is -0.0182. The van der Waals surface area contributed by atoms with Crippen molar-refractivity contribution < 1.29 is 16.8 Å². The van der Waals surface area contributed by atoms with Crippen LogP contribution in [0.1, 0.15) is 5.56 Å². The van der Waals surface area contributed by atoms with Crippen molar-refractivity contribution in [2.45, 2.75) is 11.8 Å². The maximum atomic E-state index is 12.1. The molecule has 5 nitrogen and oxygen atoms in total. The van der Waals surface area contributed by atoms with Gasteiger partial charge in [0.25, 0.3) is 10.0 Å². The standard InChI is InChI=1S/C10H11NO4S2/c1-9-3-5-10(6-4-9)17(14,15)11-7-2-8-16(11,12)13/h2-6,8H,7H2,1H3. The lowest BCUT2D eigenvalue weighted by molar-refractivity contribution is 0.525. The topological polar surface area (TPSA) is 71.5 Å². The van der Waals surface area contributed by atoms with Crippen molar-refractivity contribution in [2.24, 2.45) is 0 Å². The van der Waals surface area contributed by atoms with Gasteiger partial charge < -0.3 is 0 Å². The fraction of sp³-hybridized carbons (Fsp3) is 0.200. The predicted molar refractivity (Wildman–Crippen MR) is 63.1 cm³/mol. The Morgan fingerprint density at radius 1 is 1.18 bits per heavy atom. The summed E-state index contributed by atoms with van der Waals surface area (Å²) in [5.41, 5.74) is 0.909.